The van der Waals surface area contributed by atoms with Gasteiger partial charge in [-0.25, -0.2) is 4.98 Å². The van der Waals surface area contributed by atoms with Gasteiger partial charge in [-0.05, 0) is 18.6 Å². The van der Waals surface area contributed by atoms with Crippen LogP contribution in [0.4, 0.5) is 26.3 Å². The van der Waals surface area contributed by atoms with Crippen molar-refractivity contribution in [1.82, 2.24) is 15.6 Å². The van der Waals surface area contributed by atoms with Crippen molar-refractivity contribution in [2.75, 3.05) is 13.7 Å². The van der Waals surface area contributed by atoms with E-state index in [-0.39, 0.29) is 53.8 Å². The van der Waals surface area contributed by atoms with Crippen LogP contribution in [0, 0.1) is 6.92 Å². The molecule has 0 radical (unpaired) electrons. The average molecular weight is 568 g/mol. The highest BCUT2D eigenvalue weighted by Crippen LogP contribution is 2.30. The van der Waals surface area contributed by atoms with Gasteiger partial charge in [0.25, 0.3) is 0 Å². The number of benzene rings is 1. The van der Waals surface area contributed by atoms with Crippen molar-refractivity contribution in [1.29, 1.82) is 0 Å². The number of nitrogens with zero attached hydrogens (tertiary/aromatic N) is 2. The minimum Gasteiger partial charge on any atom is -0.484 e. The Morgan fingerprint density at radius 3 is 2.37 bits per heavy atom. The SMILES string of the molecule is CN=C(NCc1nc(C(F)(F)F)cs1)NCc1ccc(C)cc1OCC(F)(F)F.I. The molecule has 0 aliphatic heterocycles. The van der Waals surface area contributed by atoms with Crippen molar-refractivity contribution in [3.8, 4) is 5.75 Å². The second-order valence-corrected chi connectivity index (χ2v) is 6.86. The smallest absolute Gasteiger partial charge is 0.434 e. The Hall–Kier alpha value is -1.77. The first-order valence-corrected chi connectivity index (χ1v) is 9.11. The lowest BCUT2D eigenvalue weighted by Crippen LogP contribution is -2.36. The maximum atomic E-state index is 12.6. The normalized spacial score (nSPS) is 12.3. The average Bonchev–Trinajstić information content (AvgIpc) is 3.10. The number of thiazole rings is 1. The molecule has 13 heteroatoms. The first-order valence-electron chi connectivity index (χ1n) is 8.23. The summed E-state index contributed by atoms with van der Waals surface area (Å²) >= 11 is 0.853. The van der Waals surface area contributed by atoms with E-state index < -0.39 is 24.7 Å². The molecule has 0 fully saturated rings. The molecule has 0 saturated carbocycles. The van der Waals surface area contributed by atoms with E-state index in [2.05, 4.69) is 20.6 Å². The number of ether oxygens (including phenoxy) is 1. The zero-order chi connectivity index (χ0) is 21.7. The molecule has 1 aromatic carbocycles. The molecule has 0 aliphatic rings. The van der Waals surface area contributed by atoms with Gasteiger partial charge in [0, 0.05) is 24.5 Å². The fraction of sp³-hybridized carbons (Fsp3) is 0.412. The lowest BCUT2D eigenvalue weighted by molar-refractivity contribution is -0.153. The molecule has 0 bridgehead atoms. The van der Waals surface area contributed by atoms with Crippen LogP contribution >= 0.6 is 35.3 Å². The fourth-order valence-electron chi connectivity index (χ4n) is 2.18. The number of hydrogen-bond acceptors (Lipinski definition) is 4. The molecule has 0 spiro atoms. The predicted molar refractivity (Wildman–Crippen MR) is 112 cm³/mol. The van der Waals surface area contributed by atoms with Crippen LogP contribution in [-0.2, 0) is 19.3 Å². The number of guanidine groups is 1. The molecule has 5 nitrogen and oxygen atoms in total. The standard InChI is InChI=1S/C17H18F6N4OS.HI/c1-10-3-4-11(12(5-10)28-9-16(18,19)20)6-25-15(24-2)26-7-14-27-13(8-29-14)17(21,22)23;/h3-5,8H,6-7,9H2,1-2H3,(H2,24,25,26);1H. The second-order valence-electron chi connectivity index (χ2n) is 5.92. The van der Waals surface area contributed by atoms with Crippen molar-refractivity contribution in [3.63, 3.8) is 0 Å². The second kappa shape index (κ2) is 11.0. The third-order valence-corrected chi connectivity index (χ3v) is 4.38. The van der Waals surface area contributed by atoms with Crippen molar-refractivity contribution in [3.05, 3.63) is 45.4 Å². The molecular weight excluding hydrogens is 549 g/mol. The van der Waals surface area contributed by atoms with Gasteiger partial charge in [-0.15, -0.1) is 35.3 Å². The van der Waals surface area contributed by atoms with Gasteiger partial charge in [-0.1, -0.05) is 12.1 Å². The van der Waals surface area contributed by atoms with E-state index in [0.29, 0.717) is 5.56 Å². The molecule has 0 amide bonds. The van der Waals surface area contributed by atoms with Gasteiger partial charge in [0.2, 0.25) is 0 Å². The number of rotatable bonds is 6. The first kappa shape index (κ1) is 26.3. The van der Waals surface area contributed by atoms with E-state index in [1.165, 1.54) is 13.1 Å². The Labute approximate surface area is 190 Å². The third-order valence-electron chi connectivity index (χ3n) is 3.53. The molecule has 168 valence electrons. The van der Waals surface area contributed by atoms with Crippen LogP contribution < -0.4 is 15.4 Å². The summed E-state index contributed by atoms with van der Waals surface area (Å²) in [6.45, 7) is 0.411. The van der Waals surface area contributed by atoms with Gasteiger partial charge < -0.3 is 15.4 Å². The number of nitrogens with one attached hydrogen (secondary N) is 2. The van der Waals surface area contributed by atoms with Crippen molar-refractivity contribution in [2.24, 2.45) is 4.99 Å². The summed E-state index contributed by atoms with van der Waals surface area (Å²) in [6, 6.07) is 4.84. The number of aryl methyl sites for hydroxylation is 1. The van der Waals surface area contributed by atoms with Crippen LogP contribution in [0.15, 0.2) is 28.6 Å². The van der Waals surface area contributed by atoms with E-state index in [0.717, 1.165) is 22.3 Å². The van der Waals surface area contributed by atoms with Crippen LogP contribution in [0.3, 0.4) is 0 Å². The van der Waals surface area contributed by atoms with Crippen molar-refractivity contribution < 1.29 is 31.1 Å². The molecule has 0 atom stereocenters. The molecule has 2 aromatic rings. The number of aromatic nitrogens is 1. The molecule has 1 aromatic heterocycles. The highest BCUT2D eigenvalue weighted by molar-refractivity contribution is 14.0. The Balaban J connectivity index is 0.00000450. The van der Waals surface area contributed by atoms with Crippen LogP contribution in [0.25, 0.3) is 0 Å². The Morgan fingerprint density at radius 2 is 1.80 bits per heavy atom. The molecule has 0 aliphatic carbocycles. The number of hydrogen-bond donors (Lipinski definition) is 2. The van der Waals surface area contributed by atoms with Crippen molar-refractivity contribution in [2.45, 2.75) is 32.4 Å². The minimum atomic E-state index is -4.51. The van der Waals surface area contributed by atoms with E-state index in [1.54, 1.807) is 19.1 Å². The highest BCUT2D eigenvalue weighted by Gasteiger charge is 2.33. The highest BCUT2D eigenvalue weighted by atomic mass is 127. The molecule has 0 saturated heterocycles. The Kier molecular flexibility index (Phi) is 9.65. The summed E-state index contributed by atoms with van der Waals surface area (Å²) in [6.07, 6.45) is -8.97. The summed E-state index contributed by atoms with van der Waals surface area (Å²) in [4.78, 5) is 7.43. The Bertz CT molecular complexity index is 854. The molecule has 1 heterocycles. The number of aliphatic imine (C=N–C) groups is 1. The van der Waals surface area contributed by atoms with Crippen molar-refractivity contribution >= 4 is 41.3 Å². The molecule has 2 rings (SSSR count). The summed E-state index contributed by atoms with van der Waals surface area (Å²) in [7, 11) is 1.45. The van der Waals surface area contributed by atoms with E-state index >= 15 is 0 Å². The fourth-order valence-corrected chi connectivity index (χ4v) is 2.92. The van der Waals surface area contributed by atoms with Crippen LogP contribution in [0.1, 0.15) is 21.8 Å². The zero-order valence-electron chi connectivity index (χ0n) is 15.8. The van der Waals surface area contributed by atoms with Crippen LogP contribution in [0.2, 0.25) is 0 Å². The van der Waals surface area contributed by atoms with Gasteiger partial charge in [0.1, 0.15) is 10.8 Å². The number of halogens is 7. The Morgan fingerprint density at radius 1 is 1.13 bits per heavy atom. The lowest BCUT2D eigenvalue weighted by Gasteiger charge is -2.16. The topological polar surface area (TPSA) is 58.5 Å². The first-order chi connectivity index (χ1) is 13.5. The quantitative estimate of drug-likeness (QED) is 0.226. The molecule has 0 unspecified atom stereocenters. The molecule has 2 N–H and O–H groups in total. The maximum Gasteiger partial charge on any atom is 0.434 e. The molecule has 30 heavy (non-hydrogen) atoms. The van der Waals surface area contributed by atoms with Gasteiger partial charge in [0.15, 0.2) is 18.3 Å². The van der Waals surface area contributed by atoms with E-state index in [1.807, 2.05) is 0 Å². The minimum absolute atomic E-state index is 0. The summed E-state index contributed by atoms with van der Waals surface area (Å²) < 4.78 is 79.9. The van der Waals surface area contributed by atoms with E-state index in [4.69, 9.17) is 4.74 Å². The summed E-state index contributed by atoms with van der Waals surface area (Å²) in [5.74, 6) is 0.330. The van der Waals surface area contributed by atoms with Gasteiger partial charge in [0.05, 0.1) is 6.54 Å². The maximum absolute atomic E-state index is 12.6. The third kappa shape index (κ3) is 8.53. The largest absolute Gasteiger partial charge is 0.484 e. The van der Waals surface area contributed by atoms with Gasteiger partial charge in [-0.3, -0.25) is 4.99 Å². The number of alkyl halides is 6. The van der Waals surface area contributed by atoms with Crippen LogP contribution in [0.5, 0.6) is 5.75 Å². The zero-order valence-corrected chi connectivity index (χ0v) is 19.0. The van der Waals surface area contributed by atoms with Gasteiger partial charge >= 0.3 is 12.4 Å². The molecular formula is C17H19F6IN4OS. The predicted octanol–water partition coefficient (Wildman–Crippen LogP) is 4.89. The van der Waals surface area contributed by atoms with Crippen LogP contribution in [-0.4, -0.2) is 30.8 Å². The van der Waals surface area contributed by atoms with Gasteiger partial charge in [-0.2, -0.15) is 26.3 Å². The monoisotopic (exact) mass is 568 g/mol. The summed E-state index contributed by atoms with van der Waals surface area (Å²) in [5, 5.41) is 6.82. The lowest BCUT2D eigenvalue weighted by atomic mass is 10.1. The van der Waals surface area contributed by atoms with E-state index in [9.17, 15) is 26.3 Å². The summed E-state index contributed by atoms with van der Waals surface area (Å²) in [5.41, 5.74) is 0.238.